The molecule has 6 nitrogen and oxygen atoms in total. The number of nitrogens with zero attached hydrogens (tertiary/aromatic N) is 2. The summed E-state index contributed by atoms with van der Waals surface area (Å²) >= 11 is 0. The molecule has 26 heavy (non-hydrogen) atoms. The molecule has 0 spiro atoms. The van der Waals surface area contributed by atoms with E-state index in [1.165, 1.54) is 0 Å². The fourth-order valence-electron chi connectivity index (χ4n) is 3.40. The highest BCUT2D eigenvalue weighted by Gasteiger charge is 2.34. The first kappa shape index (κ1) is 18.6. The van der Waals surface area contributed by atoms with Crippen LogP contribution in [0.4, 0.5) is 0 Å². The molecule has 2 aromatic rings. The van der Waals surface area contributed by atoms with Crippen molar-refractivity contribution in [3.63, 3.8) is 0 Å². The average molecular weight is 376 g/mol. The second kappa shape index (κ2) is 7.23. The van der Waals surface area contributed by atoms with Crippen LogP contribution in [0.5, 0.6) is 0 Å². The zero-order valence-corrected chi connectivity index (χ0v) is 16.2. The maximum Gasteiger partial charge on any atom is 0.228 e. The molecule has 1 unspecified atom stereocenters. The Kier molecular flexibility index (Phi) is 5.18. The summed E-state index contributed by atoms with van der Waals surface area (Å²) in [6.07, 6.45) is 0.625. The van der Waals surface area contributed by atoms with Crippen molar-refractivity contribution in [1.82, 2.24) is 9.88 Å². The summed E-state index contributed by atoms with van der Waals surface area (Å²) in [6, 6.07) is 7.61. The molecule has 0 aliphatic carbocycles. The van der Waals surface area contributed by atoms with E-state index in [2.05, 4.69) is 4.98 Å². The van der Waals surface area contributed by atoms with E-state index in [1.807, 2.05) is 38.1 Å². The van der Waals surface area contributed by atoms with Gasteiger partial charge < -0.3 is 9.32 Å². The lowest BCUT2D eigenvalue weighted by atomic mass is 10.1. The topological polar surface area (TPSA) is 80.5 Å². The van der Waals surface area contributed by atoms with Crippen LogP contribution in [0.1, 0.15) is 30.4 Å². The van der Waals surface area contributed by atoms with Crippen LogP contribution in [0.15, 0.2) is 28.7 Å². The van der Waals surface area contributed by atoms with E-state index in [0.29, 0.717) is 30.3 Å². The molecule has 1 fully saturated rings. The third kappa shape index (κ3) is 3.98. The van der Waals surface area contributed by atoms with E-state index in [0.717, 1.165) is 11.1 Å². The summed E-state index contributed by atoms with van der Waals surface area (Å²) < 4.78 is 29.2. The number of amides is 1. The Balaban J connectivity index is 1.77. The molecule has 1 atom stereocenters. The number of carbonyl (C=O) groups excluding carboxylic acids is 1. The Morgan fingerprint density at radius 1 is 1.35 bits per heavy atom. The SMILES string of the molecule is CCN(C(=O)Cc1nc(-c2cccc(C)c2)oc1C)C1CCS(=O)(=O)C1. The van der Waals surface area contributed by atoms with Crippen LogP contribution in [0.25, 0.3) is 11.5 Å². The van der Waals surface area contributed by atoms with E-state index >= 15 is 0 Å². The normalized spacial score (nSPS) is 18.8. The van der Waals surface area contributed by atoms with E-state index < -0.39 is 9.84 Å². The van der Waals surface area contributed by atoms with Gasteiger partial charge >= 0.3 is 0 Å². The first-order chi connectivity index (χ1) is 12.3. The molecule has 2 heterocycles. The molecule has 1 aliphatic heterocycles. The zero-order chi connectivity index (χ0) is 18.9. The zero-order valence-electron chi connectivity index (χ0n) is 15.4. The van der Waals surface area contributed by atoms with Crippen molar-refractivity contribution in [3.8, 4) is 11.5 Å². The van der Waals surface area contributed by atoms with Crippen molar-refractivity contribution in [3.05, 3.63) is 41.3 Å². The summed E-state index contributed by atoms with van der Waals surface area (Å²) in [7, 11) is -3.03. The predicted molar refractivity (Wildman–Crippen MR) is 99.6 cm³/mol. The summed E-state index contributed by atoms with van der Waals surface area (Å²) in [5, 5.41) is 0. The van der Waals surface area contributed by atoms with Crippen LogP contribution in [-0.4, -0.2) is 48.3 Å². The van der Waals surface area contributed by atoms with Gasteiger partial charge in [-0.15, -0.1) is 0 Å². The Labute approximate surface area is 154 Å². The maximum atomic E-state index is 12.7. The molecule has 0 saturated carbocycles. The minimum Gasteiger partial charge on any atom is -0.441 e. The number of oxazole rings is 1. The molecule has 0 bridgehead atoms. The maximum absolute atomic E-state index is 12.7. The standard InChI is InChI=1S/C19H24N2O4S/c1-4-21(16-8-9-26(23,24)12-16)18(22)11-17-14(3)25-19(20-17)15-7-5-6-13(2)10-15/h5-7,10,16H,4,8-9,11-12H2,1-3H3. The molecule has 1 aromatic heterocycles. The molecule has 7 heteroatoms. The van der Waals surface area contributed by atoms with E-state index in [4.69, 9.17) is 4.42 Å². The molecular weight excluding hydrogens is 352 g/mol. The fourth-order valence-corrected chi connectivity index (χ4v) is 5.13. The van der Waals surface area contributed by atoms with Gasteiger partial charge in [-0.1, -0.05) is 17.7 Å². The van der Waals surface area contributed by atoms with E-state index in [1.54, 1.807) is 11.8 Å². The lowest BCUT2D eigenvalue weighted by molar-refractivity contribution is -0.132. The third-order valence-electron chi connectivity index (χ3n) is 4.79. The van der Waals surface area contributed by atoms with Crippen molar-refractivity contribution in [2.45, 2.75) is 39.7 Å². The molecule has 140 valence electrons. The van der Waals surface area contributed by atoms with Gasteiger partial charge in [0, 0.05) is 18.2 Å². The lowest BCUT2D eigenvalue weighted by Crippen LogP contribution is -2.41. The summed E-state index contributed by atoms with van der Waals surface area (Å²) in [4.78, 5) is 18.9. The number of sulfone groups is 1. The first-order valence-corrected chi connectivity index (χ1v) is 10.6. The number of carbonyl (C=O) groups is 1. The summed E-state index contributed by atoms with van der Waals surface area (Å²) in [5.41, 5.74) is 2.59. The second-order valence-electron chi connectivity index (χ2n) is 6.80. The van der Waals surface area contributed by atoms with Crippen LogP contribution in [0.3, 0.4) is 0 Å². The van der Waals surface area contributed by atoms with Crippen LogP contribution in [0.2, 0.25) is 0 Å². The number of hydrogen-bond acceptors (Lipinski definition) is 5. The average Bonchev–Trinajstić information content (AvgIpc) is 3.11. The number of likely N-dealkylation sites (N-methyl/N-ethyl adjacent to an activating group) is 1. The largest absolute Gasteiger partial charge is 0.441 e. The molecule has 1 amide bonds. The Morgan fingerprint density at radius 3 is 2.73 bits per heavy atom. The van der Waals surface area contributed by atoms with Gasteiger partial charge in [0.05, 0.1) is 23.6 Å². The van der Waals surface area contributed by atoms with Crippen molar-refractivity contribution in [1.29, 1.82) is 0 Å². The van der Waals surface area contributed by atoms with Gasteiger partial charge in [0.1, 0.15) is 5.76 Å². The number of benzene rings is 1. The van der Waals surface area contributed by atoms with Gasteiger partial charge in [-0.3, -0.25) is 4.79 Å². The van der Waals surface area contributed by atoms with Gasteiger partial charge in [0.2, 0.25) is 11.8 Å². The number of aromatic nitrogens is 1. The van der Waals surface area contributed by atoms with Gasteiger partial charge in [-0.2, -0.15) is 0 Å². The highest BCUT2D eigenvalue weighted by Crippen LogP contribution is 2.24. The third-order valence-corrected chi connectivity index (χ3v) is 6.54. The van der Waals surface area contributed by atoms with Crippen LogP contribution in [-0.2, 0) is 21.1 Å². The van der Waals surface area contributed by atoms with Crippen molar-refractivity contribution in [2.24, 2.45) is 0 Å². The van der Waals surface area contributed by atoms with Crippen molar-refractivity contribution in [2.75, 3.05) is 18.1 Å². The van der Waals surface area contributed by atoms with Gasteiger partial charge in [-0.05, 0) is 39.3 Å². The van der Waals surface area contributed by atoms with Crippen molar-refractivity contribution >= 4 is 15.7 Å². The number of aryl methyl sites for hydroxylation is 2. The Morgan fingerprint density at radius 2 is 2.12 bits per heavy atom. The van der Waals surface area contributed by atoms with Gasteiger partial charge in [0.25, 0.3) is 0 Å². The summed E-state index contributed by atoms with van der Waals surface area (Å²) in [5.74, 6) is 1.22. The lowest BCUT2D eigenvalue weighted by Gasteiger charge is -2.26. The monoisotopic (exact) mass is 376 g/mol. The quantitative estimate of drug-likeness (QED) is 0.801. The smallest absolute Gasteiger partial charge is 0.228 e. The molecule has 1 aromatic carbocycles. The molecule has 0 radical (unpaired) electrons. The first-order valence-electron chi connectivity index (χ1n) is 8.82. The number of rotatable bonds is 5. The molecule has 1 saturated heterocycles. The van der Waals surface area contributed by atoms with Crippen LogP contribution < -0.4 is 0 Å². The van der Waals surface area contributed by atoms with Crippen LogP contribution >= 0.6 is 0 Å². The fraction of sp³-hybridized carbons (Fsp3) is 0.474. The van der Waals surface area contributed by atoms with E-state index in [9.17, 15) is 13.2 Å². The molecule has 3 rings (SSSR count). The number of hydrogen-bond donors (Lipinski definition) is 0. The van der Waals surface area contributed by atoms with E-state index in [-0.39, 0.29) is 29.9 Å². The minimum absolute atomic E-state index is 0.0545. The Bertz CT molecular complexity index is 917. The predicted octanol–water partition coefficient (Wildman–Crippen LogP) is 2.54. The minimum atomic E-state index is -3.03. The van der Waals surface area contributed by atoms with Gasteiger partial charge in [-0.25, -0.2) is 13.4 Å². The summed E-state index contributed by atoms with van der Waals surface area (Å²) in [6.45, 7) is 6.15. The van der Waals surface area contributed by atoms with Crippen LogP contribution in [0, 0.1) is 13.8 Å². The second-order valence-corrected chi connectivity index (χ2v) is 9.03. The highest BCUT2D eigenvalue weighted by molar-refractivity contribution is 7.91. The van der Waals surface area contributed by atoms with Gasteiger partial charge in [0.15, 0.2) is 9.84 Å². The molecule has 0 N–H and O–H groups in total. The highest BCUT2D eigenvalue weighted by atomic mass is 32.2. The Hall–Kier alpha value is -2.15. The van der Waals surface area contributed by atoms with Crippen molar-refractivity contribution < 1.29 is 17.6 Å². The molecular formula is C19H24N2O4S. The molecule has 1 aliphatic rings.